The average Bonchev–Trinajstić information content (AvgIpc) is 2.58. The molecule has 0 radical (unpaired) electrons. The van der Waals surface area contributed by atoms with Gasteiger partial charge in [0.05, 0.1) is 0 Å². The highest BCUT2D eigenvalue weighted by molar-refractivity contribution is 5.85. The third-order valence-electron chi connectivity index (χ3n) is 2.40. The summed E-state index contributed by atoms with van der Waals surface area (Å²) in [7, 11) is 2.73. The van der Waals surface area contributed by atoms with E-state index in [2.05, 4.69) is 0 Å². The fourth-order valence-electron chi connectivity index (χ4n) is 1.73. The van der Waals surface area contributed by atoms with Gasteiger partial charge in [-0.15, -0.1) is 0 Å². The topological polar surface area (TPSA) is 71.1 Å². The molecule has 0 aromatic carbocycles. The maximum absolute atomic E-state index is 11.2. The average molecular weight is 202 g/mol. The molecule has 0 aromatic rings. The third kappa shape index (κ3) is 1.11. The molecule has 0 unspecified atom stereocenters. The van der Waals surface area contributed by atoms with E-state index >= 15 is 0 Å². The molecule has 2 heterocycles. The molecular formula is C8H10O6. The number of esters is 2. The lowest BCUT2D eigenvalue weighted by Crippen LogP contribution is -2.33. The van der Waals surface area contributed by atoms with E-state index in [1.54, 1.807) is 0 Å². The summed E-state index contributed by atoms with van der Waals surface area (Å²) in [4.78, 5) is 22.4. The molecule has 0 aliphatic carbocycles. The Kier molecular flexibility index (Phi) is 2.16. The molecule has 0 spiro atoms. The Bertz CT molecular complexity index is 247. The van der Waals surface area contributed by atoms with Crippen molar-refractivity contribution in [2.24, 2.45) is 0 Å². The zero-order chi connectivity index (χ0) is 10.3. The van der Waals surface area contributed by atoms with Gasteiger partial charge in [0.15, 0.2) is 24.4 Å². The first-order valence-corrected chi connectivity index (χ1v) is 4.15. The largest absolute Gasteiger partial charge is 0.453 e. The van der Waals surface area contributed by atoms with E-state index in [0.717, 1.165) is 0 Å². The van der Waals surface area contributed by atoms with E-state index in [1.807, 2.05) is 0 Å². The van der Waals surface area contributed by atoms with Crippen molar-refractivity contribution in [3.05, 3.63) is 0 Å². The van der Waals surface area contributed by atoms with Gasteiger partial charge in [-0.05, 0) is 0 Å². The summed E-state index contributed by atoms with van der Waals surface area (Å²) in [5.41, 5.74) is 0. The smallest absolute Gasteiger partial charge is 0.339 e. The molecule has 2 rings (SSSR count). The third-order valence-corrected chi connectivity index (χ3v) is 2.40. The van der Waals surface area contributed by atoms with Gasteiger partial charge in [-0.3, -0.25) is 0 Å². The summed E-state index contributed by atoms with van der Waals surface area (Å²) in [5.74, 6) is -1.03. The Labute approximate surface area is 80.1 Å². The van der Waals surface area contributed by atoms with Gasteiger partial charge in [0.1, 0.15) is 0 Å². The van der Waals surface area contributed by atoms with Crippen molar-refractivity contribution in [3.8, 4) is 0 Å². The molecule has 2 aliphatic rings. The van der Waals surface area contributed by atoms with Crippen LogP contribution in [-0.4, -0.2) is 50.6 Å². The van der Waals surface area contributed by atoms with Gasteiger partial charge in [-0.25, -0.2) is 9.59 Å². The summed E-state index contributed by atoms with van der Waals surface area (Å²) in [6, 6.07) is 0. The molecule has 2 fully saturated rings. The summed E-state index contributed by atoms with van der Waals surface area (Å²) in [6.07, 6.45) is -3.01. The van der Waals surface area contributed by atoms with E-state index in [9.17, 15) is 9.59 Å². The number of methoxy groups -OCH3 is 2. The maximum atomic E-state index is 11.2. The Balaban J connectivity index is 2.20. The van der Waals surface area contributed by atoms with Gasteiger partial charge in [0, 0.05) is 14.2 Å². The second-order valence-corrected chi connectivity index (χ2v) is 3.12. The van der Waals surface area contributed by atoms with Gasteiger partial charge in [0.2, 0.25) is 0 Å². The fraction of sp³-hybridized carbons (Fsp3) is 0.750. The Hall–Kier alpha value is -1.14. The SMILES string of the molecule is CO[C@H]1C(=O)O[C@@H]2[C@H]1OC(=O)[C@@H]2OC. The molecule has 6 nitrogen and oxygen atoms in total. The molecule has 0 saturated carbocycles. The van der Waals surface area contributed by atoms with Gasteiger partial charge in [-0.1, -0.05) is 0 Å². The summed E-state index contributed by atoms with van der Waals surface area (Å²) >= 11 is 0. The molecule has 2 aliphatic heterocycles. The van der Waals surface area contributed by atoms with Crippen LogP contribution in [0.25, 0.3) is 0 Å². The van der Waals surface area contributed by atoms with Crippen LogP contribution < -0.4 is 0 Å². The lowest BCUT2D eigenvalue weighted by atomic mass is 10.1. The number of ether oxygens (including phenoxy) is 4. The first kappa shape index (κ1) is 9.42. The highest BCUT2D eigenvalue weighted by Crippen LogP contribution is 2.31. The van der Waals surface area contributed by atoms with Crippen molar-refractivity contribution in [2.75, 3.05) is 14.2 Å². The van der Waals surface area contributed by atoms with E-state index in [1.165, 1.54) is 14.2 Å². The van der Waals surface area contributed by atoms with Crippen LogP contribution >= 0.6 is 0 Å². The summed E-state index contributed by atoms with van der Waals surface area (Å²) in [6.45, 7) is 0. The van der Waals surface area contributed by atoms with E-state index in [-0.39, 0.29) is 0 Å². The van der Waals surface area contributed by atoms with Crippen LogP contribution in [0.3, 0.4) is 0 Å². The van der Waals surface area contributed by atoms with Crippen molar-refractivity contribution >= 4 is 11.9 Å². The predicted octanol–water partition coefficient (Wildman–Crippen LogP) is -1.13. The van der Waals surface area contributed by atoms with Crippen LogP contribution in [0.1, 0.15) is 0 Å². The molecule has 2 saturated heterocycles. The zero-order valence-corrected chi connectivity index (χ0v) is 7.76. The number of hydrogen-bond donors (Lipinski definition) is 0. The van der Waals surface area contributed by atoms with Crippen LogP contribution in [-0.2, 0) is 28.5 Å². The molecule has 4 atom stereocenters. The Morgan fingerprint density at radius 2 is 1.29 bits per heavy atom. The summed E-state index contributed by atoms with van der Waals surface area (Å²) in [5, 5.41) is 0. The van der Waals surface area contributed by atoms with E-state index in [0.29, 0.717) is 0 Å². The normalized spacial score (nSPS) is 40.7. The summed E-state index contributed by atoms with van der Waals surface area (Å²) < 4.78 is 19.6. The second kappa shape index (κ2) is 3.21. The quantitative estimate of drug-likeness (QED) is 0.527. The van der Waals surface area contributed by atoms with Crippen LogP contribution in [0.2, 0.25) is 0 Å². The van der Waals surface area contributed by atoms with Crippen molar-refractivity contribution < 1.29 is 28.5 Å². The Morgan fingerprint density at radius 1 is 0.929 bits per heavy atom. The molecule has 6 heteroatoms. The fourth-order valence-corrected chi connectivity index (χ4v) is 1.73. The minimum absolute atomic E-state index is 0.517. The number of fused-ring (bicyclic) bond motifs is 1. The maximum Gasteiger partial charge on any atom is 0.339 e. The van der Waals surface area contributed by atoms with E-state index < -0.39 is 36.4 Å². The molecule has 14 heavy (non-hydrogen) atoms. The number of carbonyl (C=O) groups excluding carboxylic acids is 2. The molecule has 0 aromatic heterocycles. The zero-order valence-electron chi connectivity index (χ0n) is 7.76. The van der Waals surface area contributed by atoms with Crippen molar-refractivity contribution in [2.45, 2.75) is 24.4 Å². The van der Waals surface area contributed by atoms with Gasteiger partial charge in [0.25, 0.3) is 0 Å². The highest BCUT2D eigenvalue weighted by atomic mass is 16.7. The molecular weight excluding hydrogens is 192 g/mol. The van der Waals surface area contributed by atoms with Crippen molar-refractivity contribution in [3.63, 3.8) is 0 Å². The first-order chi connectivity index (χ1) is 6.69. The highest BCUT2D eigenvalue weighted by Gasteiger charge is 2.58. The van der Waals surface area contributed by atoms with Crippen LogP contribution in [0.4, 0.5) is 0 Å². The monoisotopic (exact) mass is 202 g/mol. The second-order valence-electron chi connectivity index (χ2n) is 3.12. The van der Waals surface area contributed by atoms with Crippen LogP contribution in [0, 0.1) is 0 Å². The van der Waals surface area contributed by atoms with Gasteiger partial charge in [-0.2, -0.15) is 0 Å². The number of hydrogen-bond acceptors (Lipinski definition) is 6. The lowest BCUT2D eigenvalue weighted by molar-refractivity contribution is -0.161. The van der Waals surface area contributed by atoms with Gasteiger partial charge >= 0.3 is 11.9 Å². The van der Waals surface area contributed by atoms with Gasteiger partial charge < -0.3 is 18.9 Å². The number of carbonyl (C=O) groups is 2. The number of rotatable bonds is 2. The first-order valence-electron chi connectivity index (χ1n) is 4.15. The van der Waals surface area contributed by atoms with E-state index in [4.69, 9.17) is 18.9 Å². The minimum Gasteiger partial charge on any atom is -0.453 e. The predicted molar refractivity (Wildman–Crippen MR) is 41.4 cm³/mol. The standard InChI is InChI=1S/C8H10O6/c1-11-5-3-4(14-7(5)9)6(12-2)8(10)13-3/h3-6H,1-2H3/t3-,4-,5-,6-/m1/s1. The molecule has 0 N–H and O–H groups in total. The van der Waals surface area contributed by atoms with Crippen LogP contribution in [0.15, 0.2) is 0 Å². The molecule has 78 valence electrons. The Morgan fingerprint density at radius 3 is 1.57 bits per heavy atom. The minimum atomic E-state index is -0.830. The molecule has 0 bridgehead atoms. The van der Waals surface area contributed by atoms with Crippen LogP contribution in [0.5, 0.6) is 0 Å². The molecule has 0 amide bonds. The van der Waals surface area contributed by atoms with Crippen molar-refractivity contribution in [1.29, 1.82) is 0 Å². The van der Waals surface area contributed by atoms with Crippen molar-refractivity contribution in [1.82, 2.24) is 0 Å². The lowest BCUT2D eigenvalue weighted by Gasteiger charge is -2.10.